The Morgan fingerprint density at radius 2 is 2.03 bits per heavy atom. The molecule has 0 radical (unpaired) electrons. The smallest absolute Gasteiger partial charge is 0.351 e. The van der Waals surface area contributed by atoms with Gasteiger partial charge in [0.05, 0.1) is 21.8 Å². The molecule has 1 aromatic carbocycles. The minimum atomic E-state index is -4.63. The molecule has 0 spiro atoms. The van der Waals surface area contributed by atoms with Gasteiger partial charge in [-0.2, -0.15) is 23.4 Å². The van der Waals surface area contributed by atoms with E-state index in [-0.39, 0.29) is 21.0 Å². The van der Waals surface area contributed by atoms with Gasteiger partial charge < -0.3 is 5.32 Å². The van der Waals surface area contributed by atoms with Crippen LogP contribution >= 0.6 is 22.9 Å². The van der Waals surface area contributed by atoms with Crippen LogP contribution in [0.2, 0.25) is 5.02 Å². The molecule has 1 amide bonds. The van der Waals surface area contributed by atoms with Crippen molar-refractivity contribution in [3.05, 3.63) is 64.4 Å². The van der Waals surface area contributed by atoms with Crippen LogP contribution in [0.1, 0.15) is 22.3 Å². The summed E-state index contributed by atoms with van der Waals surface area (Å²) >= 11 is 6.82. The molecule has 0 unspecified atom stereocenters. The quantitative estimate of drug-likeness (QED) is 0.433. The molecule has 0 saturated heterocycles. The van der Waals surface area contributed by atoms with Crippen molar-refractivity contribution in [3.8, 4) is 5.69 Å². The SMILES string of the molecule is C[C@H](CNC(=O)c1cc2c(C(F)(F)F)nn(-c3ccccc3)c2s1)Cn1cc(Cl)cn1. The zero-order valence-electron chi connectivity index (χ0n) is 16.2. The number of aromatic nitrogens is 4. The van der Waals surface area contributed by atoms with Crippen molar-refractivity contribution in [1.82, 2.24) is 24.9 Å². The van der Waals surface area contributed by atoms with Crippen molar-refractivity contribution in [2.24, 2.45) is 5.92 Å². The van der Waals surface area contributed by atoms with Gasteiger partial charge in [-0.05, 0) is 24.1 Å². The van der Waals surface area contributed by atoms with Crippen molar-refractivity contribution >= 4 is 39.1 Å². The van der Waals surface area contributed by atoms with Crippen LogP contribution in [0.15, 0.2) is 48.8 Å². The van der Waals surface area contributed by atoms with Crippen LogP contribution in [0.25, 0.3) is 15.9 Å². The molecule has 0 saturated carbocycles. The lowest BCUT2D eigenvalue weighted by molar-refractivity contribution is -0.140. The molecule has 6 nitrogen and oxygen atoms in total. The van der Waals surface area contributed by atoms with Crippen LogP contribution in [-0.2, 0) is 12.7 Å². The molecule has 0 fully saturated rings. The molecule has 31 heavy (non-hydrogen) atoms. The highest BCUT2D eigenvalue weighted by Crippen LogP contribution is 2.38. The van der Waals surface area contributed by atoms with Crippen molar-refractivity contribution in [2.75, 3.05) is 6.54 Å². The van der Waals surface area contributed by atoms with Gasteiger partial charge >= 0.3 is 6.18 Å². The predicted molar refractivity (Wildman–Crippen MR) is 113 cm³/mol. The summed E-state index contributed by atoms with van der Waals surface area (Å²) in [5.74, 6) is -0.390. The van der Waals surface area contributed by atoms with E-state index in [1.165, 1.54) is 16.9 Å². The van der Waals surface area contributed by atoms with Crippen LogP contribution in [0.3, 0.4) is 0 Å². The highest BCUT2D eigenvalue weighted by atomic mass is 35.5. The maximum Gasteiger partial charge on any atom is 0.435 e. The molecule has 3 heterocycles. The predicted octanol–water partition coefficient (Wildman–Crippen LogP) is 5.02. The number of rotatable bonds is 6. The van der Waals surface area contributed by atoms with E-state index in [4.69, 9.17) is 11.6 Å². The summed E-state index contributed by atoms with van der Waals surface area (Å²) in [5, 5.41) is 11.1. The zero-order valence-corrected chi connectivity index (χ0v) is 17.8. The summed E-state index contributed by atoms with van der Waals surface area (Å²) in [5.41, 5.74) is -0.520. The van der Waals surface area contributed by atoms with E-state index in [1.54, 1.807) is 41.2 Å². The number of alkyl halides is 3. The monoisotopic (exact) mass is 467 g/mol. The number of amides is 1. The van der Waals surface area contributed by atoms with Gasteiger partial charge in [-0.15, -0.1) is 11.3 Å². The van der Waals surface area contributed by atoms with Gasteiger partial charge in [0, 0.05) is 24.7 Å². The molecule has 0 aliphatic carbocycles. The number of halogens is 4. The minimum Gasteiger partial charge on any atom is -0.351 e. The fraction of sp³-hybridized carbons (Fsp3) is 0.250. The summed E-state index contributed by atoms with van der Waals surface area (Å²) in [6.45, 7) is 2.80. The maximum absolute atomic E-state index is 13.5. The number of thiophene rings is 1. The van der Waals surface area contributed by atoms with Crippen LogP contribution in [0, 0.1) is 5.92 Å². The van der Waals surface area contributed by atoms with E-state index < -0.39 is 17.8 Å². The van der Waals surface area contributed by atoms with Crippen LogP contribution in [0.4, 0.5) is 13.2 Å². The maximum atomic E-state index is 13.5. The summed E-state index contributed by atoms with van der Waals surface area (Å²) in [6, 6.07) is 9.77. The van der Waals surface area contributed by atoms with Gasteiger partial charge in [0.1, 0.15) is 4.83 Å². The molecule has 0 aliphatic rings. The second kappa shape index (κ2) is 8.35. The number of carbonyl (C=O) groups excluding carboxylic acids is 1. The highest BCUT2D eigenvalue weighted by molar-refractivity contribution is 7.20. The zero-order chi connectivity index (χ0) is 22.2. The molecule has 162 valence electrons. The first-order valence-corrected chi connectivity index (χ1v) is 10.5. The van der Waals surface area contributed by atoms with E-state index in [0.29, 0.717) is 23.8 Å². The Morgan fingerprint density at radius 1 is 1.29 bits per heavy atom. The number of fused-ring (bicyclic) bond motifs is 1. The Morgan fingerprint density at radius 3 is 2.68 bits per heavy atom. The van der Waals surface area contributed by atoms with Crippen LogP contribution in [-0.4, -0.2) is 32.0 Å². The van der Waals surface area contributed by atoms with Gasteiger partial charge in [-0.25, -0.2) is 4.68 Å². The lowest BCUT2D eigenvalue weighted by atomic mass is 10.2. The summed E-state index contributed by atoms with van der Waals surface area (Å²) in [6.07, 6.45) is -1.43. The van der Waals surface area contributed by atoms with Gasteiger partial charge in [0.15, 0.2) is 5.69 Å². The number of hydrogen-bond donors (Lipinski definition) is 1. The number of benzene rings is 1. The number of nitrogens with one attached hydrogen (secondary N) is 1. The first kappa shape index (κ1) is 21.4. The van der Waals surface area contributed by atoms with E-state index in [9.17, 15) is 18.0 Å². The van der Waals surface area contributed by atoms with E-state index in [0.717, 1.165) is 11.3 Å². The van der Waals surface area contributed by atoms with Crippen molar-refractivity contribution in [1.29, 1.82) is 0 Å². The van der Waals surface area contributed by atoms with E-state index in [2.05, 4.69) is 15.5 Å². The molecule has 0 aliphatic heterocycles. The lowest BCUT2D eigenvalue weighted by Crippen LogP contribution is -2.29. The Labute approximate surface area is 184 Å². The standard InChI is InChI=1S/C20H17ClF3N5OS/c1-12(10-28-11-13(21)9-26-28)8-25-18(30)16-7-15-17(20(22,23)24)27-29(19(15)31-16)14-5-3-2-4-6-14/h2-7,9,11-12H,8,10H2,1H3,(H,25,30)/t12-/m1/s1. The fourth-order valence-corrected chi connectivity index (χ4v) is 4.35. The molecular weight excluding hydrogens is 451 g/mol. The van der Waals surface area contributed by atoms with E-state index >= 15 is 0 Å². The Balaban J connectivity index is 1.56. The van der Waals surface area contributed by atoms with Crippen molar-refractivity contribution in [2.45, 2.75) is 19.6 Å². The van der Waals surface area contributed by atoms with E-state index in [1.807, 2.05) is 6.92 Å². The van der Waals surface area contributed by atoms with Gasteiger partial charge in [0.25, 0.3) is 5.91 Å². The van der Waals surface area contributed by atoms with Gasteiger partial charge in [-0.1, -0.05) is 36.7 Å². The fourth-order valence-electron chi connectivity index (χ4n) is 3.15. The second-order valence-electron chi connectivity index (χ2n) is 7.12. The third kappa shape index (κ3) is 4.59. The average Bonchev–Trinajstić information content (AvgIpc) is 3.41. The topological polar surface area (TPSA) is 64.7 Å². The molecule has 4 aromatic rings. The summed E-state index contributed by atoms with van der Waals surface area (Å²) < 4.78 is 43.5. The third-order valence-corrected chi connectivity index (χ3v) is 5.87. The average molecular weight is 468 g/mol. The molecular formula is C20H17ClF3N5OS. The normalized spacial score (nSPS) is 12.9. The second-order valence-corrected chi connectivity index (χ2v) is 8.59. The highest BCUT2D eigenvalue weighted by Gasteiger charge is 2.38. The first-order valence-electron chi connectivity index (χ1n) is 9.33. The number of para-hydroxylation sites is 1. The first-order chi connectivity index (χ1) is 14.7. The van der Waals surface area contributed by atoms with Gasteiger partial charge in [-0.3, -0.25) is 9.48 Å². The van der Waals surface area contributed by atoms with Crippen LogP contribution in [0.5, 0.6) is 0 Å². The molecule has 11 heteroatoms. The Hall–Kier alpha value is -2.85. The molecule has 1 atom stereocenters. The molecule has 0 bridgehead atoms. The number of carbonyl (C=O) groups is 1. The molecule has 4 rings (SSSR count). The number of nitrogens with zero attached hydrogens (tertiary/aromatic N) is 4. The lowest BCUT2D eigenvalue weighted by Gasteiger charge is -2.12. The Kier molecular flexibility index (Phi) is 5.76. The third-order valence-electron chi connectivity index (χ3n) is 4.56. The minimum absolute atomic E-state index is 0.0415. The molecule has 3 aromatic heterocycles. The summed E-state index contributed by atoms with van der Waals surface area (Å²) in [7, 11) is 0. The van der Waals surface area contributed by atoms with Crippen molar-refractivity contribution < 1.29 is 18.0 Å². The largest absolute Gasteiger partial charge is 0.435 e. The van der Waals surface area contributed by atoms with Crippen LogP contribution < -0.4 is 5.32 Å². The number of hydrogen-bond acceptors (Lipinski definition) is 4. The Bertz CT molecular complexity index is 1210. The summed E-state index contributed by atoms with van der Waals surface area (Å²) in [4.78, 5) is 13.1. The molecule has 1 N–H and O–H groups in total. The van der Waals surface area contributed by atoms with Gasteiger partial charge in [0.2, 0.25) is 0 Å². The van der Waals surface area contributed by atoms with Crippen molar-refractivity contribution in [3.63, 3.8) is 0 Å².